The number of carbonyl (C=O) groups is 1. The molecule has 24 heavy (non-hydrogen) atoms. The lowest BCUT2D eigenvalue weighted by molar-refractivity contribution is -0.133. The van der Waals surface area contributed by atoms with Gasteiger partial charge in [0.2, 0.25) is 5.91 Å². The Morgan fingerprint density at radius 3 is 2.58 bits per heavy atom. The molecule has 1 amide bonds. The average molecular weight is 374 g/mol. The highest BCUT2D eigenvalue weighted by Gasteiger charge is 2.21. The Morgan fingerprint density at radius 2 is 1.92 bits per heavy atom. The summed E-state index contributed by atoms with van der Waals surface area (Å²) in [5.74, 6) is 0.234. The first-order valence-electron chi connectivity index (χ1n) is 7.89. The van der Waals surface area contributed by atoms with Crippen LogP contribution in [0.15, 0.2) is 30.6 Å². The molecule has 0 aliphatic carbocycles. The number of imidazole rings is 1. The molecule has 6 nitrogen and oxygen atoms in total. The first-order chi connectivity index (χ1) is 10.8. The highest BCUT2D eigenvalue weighted by molar-refractivity contribution is 5.85. The van der Waals surface area contributed by atoms with E-state index in [-0.39, 0.29) is 30.7 Å². The van der Waals surface area contributed by atoms with Gasteiger partial charge < -0.3 is 15.0 Å². The number of nitrogens with two attached hydrogens (primary N) is 1. The molecule has 1 saturated heterocycles. The van der Waals surface area contributed by atoms with Crippen molar-refractivity contribution in [2.45, 2.75) is 19.4 Å². The summed E-state index contributed by atoms with van der Waals surface area (Å²) in [4.78, 5) is 20.9. The van der Waals surface area contributed by atoms with Gasteiger partial charge in [0.05, 0.1) is 5.69 Å². The SMILES string of the molecule is Cl.Cl.NCCCC(=O)N1CCN(Cc2cn3ccccc3n2)CC1. The van der Waals surface area contributed by atoms with Crippen molar-refractivity contribution in [2.24, 2.45) is 5.73 Å². The van der Waals surface area contributed by atoms with E-state index in [9.17, 15) is 4.79 Å². The number of hydrogen-bond acceptors (Lipinski definition) is 4. The van der Waals surface area contributed by atoms with Gasteiger partial charge in [0.25, 0.3) is 0 Å². The molecule has 8 heteroatoms. The number of aromatic nitrogens is 2. The van der Waals surface area contributed by atoms with Gasteiger partial charge in [0, 0.05) is 51.5 Å². The molecule has 0 atom stereocenters. The van der Waals surface area contributed by atoms with Gasteiger partial charge in [-0.1, -0.05) is 6.07 Å². The Balaban J connectivity index is 0.00000144. The summed E-state index contributed by atoms with van der Waals surface area (Å²) in [5, 5.41) is 0. The van der Waals surface area contributed by atoms with Gasteiger partial charge in [0.1, 0.15) is 5.65 Å². The highest BCUT2D eigenvalue weighted by Crippen LogP contribution is 2.11. The average Bonchev–Trinajstić information content (AvgIpc) is 2.95. The van der Waals surface area contributed by atoms with Gasteiger partial charge in [-0.25, -0.2) is 4.98 Å². The molecule has 0 bridgehead atoms. The number of carbonyl (C=O) groups excluding carboxylic acids is 1. The van der Waals surface area contributed by atoms with E-state index in [1.54, 1.807) is 0 Å². The molecule has 3 heterocycles. The lowest BCUT2D eigenvalue weighted by atomic mass is 10.2. The normalized spacial score (nSPS) is 15.0. The van der Waals surface area contributed by atoms with Gasteiger partial charge in [-0.2, -0.15) is 0 Å². The molecule has 1 fully saturated rings. The number of halogens is 2. The maximum absolute atomic E-state index is 12.0. The topological polar surface area (TPSA) is 66.9 Å². The summed E-state index contributed by atoms with van der Waals surface area (Å²) in [6, 6.07) is 6.01. The summed E-state index contributed by atoms with van der Waals surface area (Å²) >= 11 is 0. The molecule has 134 valence electrons. The molecule has 0 saturated carbocycles. The Hall–Kier alpha value is -1.34. The summed E-state index contributed by atoms with van der Waals surface area (Å²) in [7, 11) is 0. The van der Waals surface area contributed by atoms with Crippen molar-refractivity contribution in [1.82, 2.24) is 19.2 Å². The summed E-state index contributed by atoms with van der Waals surface area (Å²) in [5.41, 5.74) is 7.52. The Bertz CT molecular complexity index is 607. The van der Waals surface area contributed by atoms with E-state index in [1.165, 1.54) is 0 Å². The fourth-order valence-electron chi connectivity index (χ4n) is 2.86. The molecule has 3 rings (SSSR count). The van der Waals surface area contributed by atoms with Crippen LogP contribution < -0.4 is 5.73 Å². The molecule has 1 aliphatic rings. The van der Waals surface area contributed by atoms with Gasteiger partial charge in [-0.15, -0.1) is 24.8 Å². The molecule has 2 aromatic rings. The number of amides is 1. The predicted molar refractivity (Wildman–Crippen MR) is 99.8 cm³/mol. The van der Waals surface area contributed by atoms with Gasteiger partial charge >= 0.3 is 0 Å². The molecule has 0 radical (unpaired) electrons. The van der Waals surface area contributed by atoms with Gasteiger partial charge in [-0.05, 0) is 25.1 Å². The van der Waals surface area contributed by atoms with Crippen LogP contribution >= 0.6 is 24.8 Å². The maximum atomic E-state index is 12.0. The van der Waals surface area contributed by atoms with Crippen LogP contribution in [0.3, 0.4) is 0 Å². The third-order valence-electron chi connectivity index (χ3n) is 4.12. The van der Waals surface area contributed by atoms with Crippen molar-refractivity contribution < 1.29 is 4.79 Å². The second-order valence-electron chi connectivity index (χ2n) is 5.75. The molecule has 1 aliphatic heterocycles. The summed E-state index contributed by atoms with van der Waals surface area (Å²) in [6.07, 6.45) is 5.44. The number of nitrogens with zero attached hydrogens (tertiary/aromatic N) is 4. The summed E-state index contributed by atoms with van der Waals surface area (Å²) in [6.45, 7) is 4.84. The van der Waals surface area contributed by atoms with Crippen molar-refractivity contribution in [2.75, 3.05) is 32.7 Å². The first kappa shape index (κ1) is 20.7. The zero-order valence-corrected chi connectivity index (χ0v) is 15.3. The minimum atomic E-state index is 0. The molecule has 2 N–H and O–H groups in total. The van der Waals surface area contributed by atoms with E-state index >= 15 is 0 Å². The van der Waals surface area contributed by atoms with Crippen LogP contribution in [0.25, 0.3) is 5.65 Å². The smallest absolute Gasteiger partial charge is 0.222 e. The minimum absolute atomic E-state index is 0. The molecule has 0 spiro atoms. The second-order valence-corrected chi connectivity index (χ2v) is 5.75. The zero-order valence-electron chi connectivity index (χ0n) is 13.6. The number of hydrogen-bond donors (Lipinski definition) is 1. The monoisotopic (exact) mass is 373 g/mol. The van der Waals surface area contributed by atoms with Gasteiger partial charge in [-0.3, -0.25) is 9.69 Å². The number of fused-ring (bicyclic) bond motifs is 1. The van der Waals surface area contributed by atoms with Crippen LogP contribution in [0.2, 0.25) is 0 Å². The van der Waals surface area contributed by atoms with Crippen molar-refractivity contribution in [3.63, 3.8) is 0 Å². The van der Waals surface area contributed by atoms with Crippen molar-refractivity contribution >= 4 is 36.4 Å². The largest absolute Gasteiger partial charge is 0.340 e. The number of rotatable bonds is 5. The fourth-order valence-corrected chi connectivity index (χ4v) is 2.86. The Kier molecular flexibility index (Phi) is 8.48. The van der Waals surface area contributed by atoms with Crippen LogP contribution in [0.5, 0.6) is 0 Å². The number of piperazine rings is 1. The number of pyridine rings is 1. The molecule has 2 aromatic heterocycles. The first-order valence-corrected chi connectivity index (χ1v) is 7.89. The lowest BCUT2D eigenvalue weighted by Gasteiger charge is -2.34. The van der Waals surface area contributed by atoms with Crippen LogP contribution in [-0.4, -0.2) is 57.8 Å². The molecular weight excluding hydrogens is 349 g/mol. The Labute approximate surface area is 154 Å². The van der Waals surface area contributed by atoms with Gasteiger partial charge in [0.15, 0.2) is 0 Å². The van der Waals surface area contributed by atoms with Crippen LogP contribution in [0.4, 0.5) is 0 Å². The third-order valence-corrected chi connectivity index (χ3v) is 4.12. The van der Waals surface area contributed by atoms with E-state index in [0.29, 0.717) is 13.0 Å². The zero-order chi connectivity index (χ0) is 15.4. The quantitative estimate of drug-likeness (QED) is 0.863. The van der Waals surface area contributed by atoms with E-state index in [2.05, 4.69) is 16.1 Å². The summed E-state index contributed by atoms with van der Waals surface area (Å²) < 4.78 is 2.04. The molecule has 0 unspecified atom stereocenters. The minimum Gasteiger partial charge on any atom is -0.340 e. The molecular formula is C16H25Cl2N5O. The van der Waals surface area contributed by atoms with Crippen molar-refractivity contribution in [3.8, 4) is 0 Å². The maximum Gasteiger partial charge on any atom is 0.222 e. The van der Waals surface area contributed by atoms with E-state index in [1.807, 2.05) is 33.7 Å². The van der Waals surface area contributed by atoms with Crippen LogP contribution in [0, 0.1) is 0 Å². The van der Waals surface area contributed by atoms with E-state index in [4.69, 9.17) is 5.73 Å². The van der Waals surface area contributed by atoms with E-state index in [0.717, 1.165) is 50.5 Å². The van der Waals surface area contributed by atoms with Crippen LogP contribution in [0.1, 0.15) is 18.5 Å². The standard InChI is InChI=1S/C16H23N5O.2ClH/c17-6-3-5-16(22)20-10-8-19(9-11-20)12-14-13-21-7-2-1-4-15(21)18-14;;/h1-2,4,7,13H,3,5-6,8-12,17H2;2*1H. The Morgan fingerprint density at radius 1 is 1.17 bits per heavy atom. The molecule has 0 aromatic carbocycles. The predicted octanol–water partition coefficient (Wildman–Crippen LogP) is 1.56. The van der Waals surface area contributed by atoms with Crippen molar-refractivity contribution in [1.29, 1.82) is 0 Å². The third kappa shape index (κ3) is 5.08. The second kappa shape index (κ2) is 9.84. The fraction of sp³-hybridized carbons (Fsp3) is 0.500. The van der Waals surface area contributed by atoms with Crippen LogP contribution in [-0.2, 0) is 11.3 Å². The van der Waals surface area contributed by atoms with Crippen molar-refractivity contribution in [3.05, 3.63) is 36.3 Å². The lowest BCUT2D eigenvalue weighted by Crippen LogP contribution is -2.48. The highest BCUT2D eigenvalue weighted by atomic mass is 35.5. The van der Waals surface area contributed by atoms with E-state index < -0.39 is 0 Å².